The first-order valence-electron chi connectivity index (χ1n) is 6.00. The van der Waals surface area contributed by atoms with Crippen LogP contribution in [0.25, 0.3) is 0 Å². The fourth-order valence-corrected chi connectivity index (χ4v) is 4.79. The van der Waals surface area contributed by atoms with Gasteiger partial charge in [-0.1, -0.05) is 17.7 Å². The van der Waals surface area contributed by atoms with Crippen LogP contribution in [0.5, 0.6) is 0 Å². The number of rotatable bonds is 5. The largest absolute Gasteiger partial charge is 0.311 e. The van der Waals surface area contributed by atoms with Crippen LogP contribution in [0.1, 0.15) is 5.56 Å². The summed E-state index contributed by atoms with van der Waals surface area (Å²) in [5, 5.41) is 15.3. The summed E-state index contributed by atoms with van der Waals surface area (Å²) >= 11 is 9.97. The molecule has 19 heavy (non-hydrogen) atoms. The van der Waals surface area contributed by atoms with E-state index in [1.165, 1.54) is 17.6 Å². The van der Waals surface area contributed by atoms with E-state index in [1.54, 1.807) is 12.1 Å². The summed E-state index contributed by atoms with van der Waals surface area (Å²) in [7, 11) is 0. The number of nitrogens with one attached hydrogen (secondary N) is 1. The van der Waals surface area contributed by atoms with Crippen LogP contribution in [-0.4, -0.2) is 34.0 Å². The molecule has 1 saturated heterocycles. The lowest BCUT2D eigenvalue weighted by atomic mass is 10.2. The lowest BCUT2D eigenvalue weighted by Gasteiger charge is -2.21. The molecule has 1 atom stereocenters. The van der Waals surface area contributed by atoms with Crippen molar-refractivity contribution in [2.24, 2.45) is 0 Å². The van der Waals surface area contributed by atoms with E-state index in [1.807, 2.05) is 23.5 Å². The normalized spacial score (nSPS) is 19.3. The summed E-state index contributed by atoms with van der Waals surface area (Å²) in [6.07, 6.45) is 0. The van der Waals surface area contributed by atoms with E-state index < -0.39 is 0 Å². The molecule has 0 amide bonds. The fourth-order valence-electron chi connectivity index (χ4n) is 1.91. The molecule has 0 aromatic heterocycles. The van der Waals surface area contributed by atoms with Crippen LogP contribution in [0.2, 0.25) is 5.02 Å². The third-order valence-corrected chi connectivity index (χ3v) is 6.05. The van der Waals surface area contributed by atoms with Gasteiger partial charge in [-0.15, -0.1) is 0 Å². The number of nitro groups is 1. The molecule has 1 N–H and O–H groups in total. The van der Waals surface area contributed by atoms with Gasteiger partial charge in [0.25, 0.3) is 5.69 Å². The van der Waals surface area contributed by atoms with Crippen molar-refractivity contribution < 1.29 is 4.92 Å². The second-order valence-corrected chi connectivity index (χ2v) is 7.16. The van der Waals surface area contributed by atoms with Crippen LogP contribution in [-0.2, 0) is 6.54 Å². The first kappa shape index (κ1) is 15.0. The molecule has 0 bridgehead atoms. The zero-order chi connectivity index (χ0) is 13.7. The quantitative estimate of drug-likeness (QED) is 0.667. The molecule has 0 saturated carbocycles. The van der Waals surface area contributed by atoms with Crippen molar-refractivity contribution in [2.45, 2.75) is 11.8 Å². The van der Waals surface area contributed by atoms with Crippen LogP contribution in [0.3, 0.4) is 0 Å². The zero-order valence-corrected chi connectivity index (χ0v) is 12.7. The Balaban J connectivity index is 1.93. The molecular formula is C12H15ClN2O2S2. The second kappa shape index (κ2) is 7.38. The van der Waals surface area contributed by atoms with Gasteiger partial charge in [0.1, 0.15) is 0 Å². The Morgan fingerprint density at radius 2 is 2.32 bits per heavy atom. The summed E-state index contributed by atoms with van der Waals surface area (Å²) in [5.74, 6) is 3.54. The summed E-state index contributed by atoms with van der Waals surface area (Å²) in [5.41, 5.74) is 0.660. The highest BCUT2D eigenvalue weighted by molar-refractivity contribution is 8.06. The number of nitro benzene ring substituents is 1. The van der Waals surface area contributed by atoms with Crippen molar-refractivity contribution in [1.29, 1.82) is 0 Å². The number of hydrogen-bond acceptors (Lipinski definition) is 5. The maximum Gasteiger partial charge on any atom is 0.275 e. The SMILES string of the molecule is O=[N+]([O-])c1cccc(Cl)c1CNCC1CSCCS1. The molecule has 0 spiro atoms. The maximum absolute atomic E-state index is 11.0. The second-order valence-electron chi connectivity index (χ2n) is 4.19. The van der Waals surface area contributed by atoms with E-state index in [0.29, 0.717) is 22.4 Å². The average Bonchev–Trinajstić information content (AvgIpc) is 2.41. The number of nitrogens with zero attached hydrogens (tertiary/aromatic N) is 1. The highest BCUT2D eigenvalue weighted by Crippen LogP contribution is 2.27. The van der Waals surface area contributed by atoms with Crippen molar-refractivity contribution in [3.05, 3.63) is 38.9 Å². The minimum absolute atomic E-state index is 0.0886. The molecule has 0 aliphatic carbocycles. The molecular weight excluding hydrogens is 304 g/mol. The van der Waals surface area contributed by atoms with E-state index >= 15 is 0 Å². The van der Waals surface area contributed by atoms with E-state index in [2.05, 4.69) is 5.32 Å². The molecule has 1 fully saturated rings. The van der Waals surface area contributed by atoms with Crippen LogP contribution in [0.15, 0.2) is 18.2 Å². The monoisotopic (exact) mass is 318 g/mol. The summed E-state index contributed by atoms with van der Waals surface area (Å²) in [6.45, 7) is 1.30. The predicted octanol–water partition coefficient (Wildman–Crippen LogP) is 3.19. The number of benzene rings is 1. The third-order valence-electron chi connectivity index (χ3n) is 2.85. The Hall–Kier alpha value is -0.430. The van der Waals surface area contributed by atoms with Crippen molar-refractivity contribution >= 4 is 40.8 Å². The summed E-state index contributed by atoms with van der Waals surface area (Å²) in [4.78, 5) is 10.6. The standard InChI is InChI=1S/C12H15ClN2O2S2/c13-11-2-1-3-12(15(16)17)10(11)7-14-6-9-8-18-4-5-19-9/h1-3,9,14H,4-8H2. The average molecular weight is 319 g/mol. The molecule has 1 aliphatic heterocycles. The fraction of sp³-hybridized carbons (Fsp3) is 0.500. The Kier molecular flexibility index (Phi) is 5.81. The lowest BCUT2D eigenvalue weighted by molar-refractivity contribution is -0.385. The Morgan fingerprint density at radius 1 is 1.47 bits per heavy atom. The van der Waals surface area contributed by atoms with E-state index in [0.717, 1.165) is 12.3 Å². The van der Waals surface area contributed by atoms with Gasteiger partial charge in [-0.25, -0.2) is 0 Å². The number of hydrogen-bond donors (Lipinski definition) is 1. The summed E-state index contributed by atoms with van der Waals surface area (Å²) < 4.78 is 0. The number of halogens is 1. The number of thioether (sulfide) groups is 2. The van der Waals surface area contributed by atoms with E-state index in [4.69, 9.17) is 11.6 Å². The third kappa shape index (κ3) is 4.27. The minimum Gasteiger partial charge on any atom is -0.311 e. The molecule has 1 aromatic carbocycles. The Morgan fingerprint density at radius 3 is 3.00 bits per heavy atom. The molecule has 4 nitrogen and oxygen atoms in total. The van der Waals surface area contributed by atoms with Crippen molar-refractivity contribution in [3.63, 3.8) is 0 Å². The molecule has 7 heteroatoms. The van der Waals surface area contributed by atoms with Gasteiger partial charge in [-0.05, 0) is 6.07 Å². The van der Waals surface area contributed by atoms with Gasteiger partial charge in [0.15, 0.2) is 0 Å². The topological polar surface area (TPSA) is 55.2 Å². The van der Waals surface area contributed by atoms with Crippen LogP contribution in [0.4, 0.5) is 5.69 Å². The van der Waals surface area contributed by atoms with Crippen LogP contribution in [0, 0.1) is 10.1 Å². The molecule has 1 heterocycles. The highest BCUT2D eigenvalue weighted by atomic mass is 35.5. The molecule has 1 aliphatic rings. The first-order valence-corrected chi connectivity index (χ1v) is 8.58. The lowest BCUT2D eigenvalue weighted by Crippen LogP contribution is -2.28. The van der Waals surface area contributed by atoms with Gasteiger partial charge < -0.3 is 5.32 Å². The Bertz CT molecular complexity index is 453. The highest BCUT2D eigenvalue weighted by Gasteiger charge is 2.18. The smallest absolute Gasteiger partial charge is 0.275 e. The van der Waals surface area contributed by atoms with Gasteiger partial charge in [-0.2, -0.15) is 23.5 Å². The molecule has 1 unspecified atom stereocenters. The molecule has 0 radical (unpaired) electrons. The van der Waals surface area contributed by atoms with Gasteiger partial charge in [0, 0.05) is 41.7 Å². The van der Waals surface area contributed by atoms with Crippen molar-refractivity contribution in [3.8, 4) is 0 Å². The molecule has 104 valence electrons. The van der Waals surface area contributed by atoms with E-state index in [-0.39, 0.29) is 10.6 Å². The maximum atomic E-state index is 11.0. The van der Waals surface area contributed by atoms with Gasteiger partial charge in [0.2, 0.25) is 0 Å². The first-order chi connectivity index (χ1) is 9.18. The van der Waals surface area contributed by atoms with Gasteiger partial charge in [-0.3, -0.25) is 10.1 Å². The van der Waals surface area contributed by atoms with E-state index in [9.17, 15) is 10.1 Å². The van der Waals surface area contributed by atoms with Crippen LogP contribution < -0.4 is 5.32 Å². The van der Waals surface area contributed by atoms with Crippen molar-refractivity contribution in [1.82, 2.24) is 5.32 Å². The minimum atomic E-state index is -0.381. The van der Waals surface area contributed by atoms with Gasteiger partial charge >= 0.3 is 0 Å². The van der Waals surface area contributed by atoms with Crippen molar-refractivity contribution in [2.75, 3.05) is 23.8 Å². The van der Waals surface area contributed by atoms with Gasteiger partial charge in [0.05, 0.1) is 15.5 Å². The predicted molar refractivity (Wildman–Crippen MR) is 83.4 cm³/mol. The van der Waals surface area contributed by atoms with Crippen LogP contribution >= 0.6 is 35.1 Å². The summed E-state index contributed by atoms with van der Waals surface area (Å²) in [6, 6.07) is 4.79. The Labute approximate surface area is 125 Å². The molecule has 2 rings (SSSR count). The zero-order valence-electron chi connectivity index (χ0n) is 10.3. The molecule has 1 aromatic rings.